The monoisotopic (exact) mass is 545 g/mol. The Kier molecular flexibility index (Phi) is 6.35. The van der Waals surface area contributed by atoms with Crippen molar-refractivity contribution in [1.82, 2.24) is 0 Å². The maximum Gasteiger partial charge on any atom is 0.310 e. The molecule has 3 aromatic rings. The summed E-state index contributed by atoms with van der Waals surface area (Å²) in [5.74, 6) is -2.98. The molecule has 0 saturated carbocycles. The summed E-state index contributed by atoms with van der Waals surface area (Å²) in [6.45, 7) is -0.0751. The van der Waals surface area contributed by atoms with Crippen LogP contribution < -0.4 is 4.90 Å². The van der Waals surface area contributed by atoms with E-state index in [4.69, 9.17) is 4.74 Å². The molecule has 6 nitrogen and oxygen atoms in total. The van der Waals surface area contributed by atoms with Gasteiger partial charge in [-0.3, -0.25) is 19.2 Å². The van der Waals surface area contributed by atoms with E-state index in [0.717, 1.165) is 4.47 Å². The molecule has 1 fully saturated rings. The number of Topliss-reactive ketones (excluding diaryl/α,β-unsaturated/α-hetero) is 2. The predicted molar refractivity (Wildman–Crippen MR) is 138 cm³/mol. The summed E-state index contributed by atoms with van der Waals surface area (Å²) in [4.78, 5) is 55.5. The summed E-state index contributed by atoms with van der Waals surface area (Å²) in [7, 11) is 1.67. The first-order valence-electron chi connectivity index (χ1n) is 11.7. The number of para-hydroxylation sites is 1. The minimum absolute atomic E-state index is 0.00812. The number of ether oxygens (including phenoxy) is 1. The molecule has 3 aromatic carbocycles. The van der Waals surface area contributed by atoms with Crippen molar-refractivity contribution in [2.24, 2.45) is 11.8 Å². The molecule has 36 heavy (non-hydrogen) atoms. The second-order valence-electron chi connectivity index (χ2n) is 9.26. The van der Waals surface area contributed by atoms with Gasteiger partial charge in [0.15, 0.2) is 11.6 Å². The molecule has 7 heteroatoms. The Hall–Kier alpha value is -3.58. The van der Waals surface area contributed by atoms with E-state index in [1.807, 2.05) is 30.3 Å². The highest BCUT2D eigenvalue weighted by molar-refractivity contribution is 9.10. The van der Waals surface area contributed by atoms with Crippen LogP contribution in [-0.4, -0.2) is 37.1 Å². The molecule has 3 atom stereocenters. The second kappa shape index (κ2) is 9.47. The Morgan fingerprint density at radius 2 is 1.50 bits per heavy atom. The van der Waals surface area contributed by atoms with Gasteiger partial charge in [0.25, 0.3) is 0 Å². The van der Waals surface area contributed by atoms with E-state index in [1.165, 1.54) is 4.90 Å². The third kappa shape index (κ3) is 3.88. The lowest BCUT2D eigenvalue weighted by atomic mass is 9.59. The van der Waals surface area contributed by atoms with Crippen LogP contribution in [0.3, 0.4) is 0 Å². The van der Waals surface area contributed by atoms with Crippen LogP contribution in [0.4, 0.5) is 5.69 Å². The van der Waals surface area contributed by atoms with Gasteiger partial charge in [-0.1, -0.05) is 76.6 Å². The molecule has 0 radical (unpaired) electrons. The van der Waals surface area contributed by atoms with Crippen LogP contribution in [0.1, 0.15) is 39.1 Å². The molecule has 0 aromatic heterocycles. The van der Waals surface area contributed by atoms with Crippen LogP contribution in [0.25, 0.3) is 0 Å². The maximum atomic E-state index is 14.1. The molecule has 0 bridgehead atoms. The average Bonchev–Trinajstić information content (AvgIpc) is 3.12. The first-order valence-corrected chi connectivity index (χ1v) is 12.5. The number of esters is 1. The van der Waals surface area contributed by atoms with E-state index in [2.05, 4.69) is 15.9 Å². The van der Waals surface area contributed by atoms with Crippen molar-refractivity contribution < 1.29 is 23.9 Å². The molecule has 2 heterocycles. The number of nitrogens with zero attached hydrogens (tertiary/aromatic N) is 1. The fourth-order valence-electron chi connectivity index (χ4n) is 5.60. The van der Waals surface area contributed by atoms with Crippen molar-refractivity contribution in [2.45, 2.75) is 18.3 Å². The zero-order valence-electron chi connectivity index (χ0n) is 19.6. The lowest BCUT2D eigenvalue weighted by Gasteiger charge is -2.44. The van der Waals surface area contributed by atoms with Crippen LogP contribution >= 0.6 is 15.9 Å². The first kappa shape index (κ1) is 24.1. The summed E-state index contributed by atoms with van der Waals surface area (Å²) in [6, 6.07) is 23.0. The van der Waals surface area contributed by atoms with E-state index in [-0.39, 0.29) is 36.9 Å². The molecule has 5 rings (SSSR count). The largest absolute Gasteiger partial charge is 0.465 e. The van der Waals surface area contributed by atoms with Gasteiger partial charge in [-0.2, -0.15) is 0 Å². The van der Waals surface area contributed by atoms with Gasteiger partial charge in [-0.15, -0.1) is 0 Å². The summed E-state index contributed by atoms with van der Waals surface area (Å²) in [6.07, 6.45) is -0.196. The molecule has 2 aliphatic rings. The van der Waals surface area contributed by atoms with Crippen molar-refractivity contribution in [3.05, 3.63) is 100 Å². The number of hydrogen-bond acceptors (Lipinski definition) is 5. The zero-order valence-corrected chi connectivity index (χ0v) is 21.2. The van der Waals surface area contributed by atoms with E-state index in [1.54, 1.807) is 55.6 Å². The molecule has 1 spiro atoms. The molecular formula is C29H24BrNO5. The highest BCUT2D eigenvalue weighted by Gasteiger charge is 2.64. The third-order valence-electron chi connectivity index (χ3n) is 7.36. The molecule has 0 N–H and O–H groups in total. The van der Waals surface area contributed by atoms with Gasteiger partial charge >= 0.3 is 5.97 Å². The topological polar surface area (TPSA) is 80.8 Å². The lowest BCUT2D eigenvalue weighted by Crippen LogP contribution is -2.58. The van der Waals surface area contributed by atoms with Crippen LogP contribution in [0.2, 0.25) is 0 Å². The summed E-state index contributed by atoms with van der Waals surface area (Å²) >= 11 is 3.37. The van der Waals surface area contributed by atoms with Gasteiger partial charge in [0, 0.05) is 47.1 Å². The number of rotatable bonds is 6. The molecule has 0 aliphatic carbocycles. The number of halogens is 1. The number of fused-ring (bicyclic) bond motifs is 2. The number of carbonyl (C=O) groups is 4. The zero-order chi connectivity index (χ0) is 25.4. The van der Waals surface area contributed by atoms with Crippen molar-refractivity contribution in [2.75, 3.05) is 18.6 Å². The molecule has 0 unspecified atom stereocenters. The van der Waals surface area contributed by atoms with Crippen LogP contribution in [0.5, 0.6) is 0 Å². The van der Waals surface area contributed by atoms with Gasteiger partial charge in [-0.25, -0.2) is 0 Å². The Morgan fingerprint density at radius 3 is 2.22 bits per heavy atom. The Bertz CT molecular complexity index is 1350. The summed E-state index contributed by atoms with van der Waals surface area (Å²) in [5.41, 5.74) is 0.926. The number of anilines is 1. The predicted octanol–water partition coefficient (Wildman–Crippen LogP) is 5.00. The molecule has 182 valence electrons. The number of benzene rings is 3. The van der Waals surface area contributed by atoms with Crippen molar-refractivity contribution in [1.29, 1.82) is 0 Å². The van der Waals surface area contributed by atoms with Gasteiger partial charge in [-0.05, 0) is 23.8 Å². The summed E-state index contributed by atoms with van der Waals surface area (Å²) < 4.78 is 6.39. The van der Waals surface area contributed by atoms with Gasteiger partial charge in [0.2, 0.25) is 5.91 Å². The first-order chi connectivity index (χ1) is 17.3. The number of carbonyl (C=O) groups excluding carboxylic acids is 4. The Morgan fingerprint density at radius 1 is 0.889 bits per heavy atom. The molecule has 2 aliphatic heterocycles. The Balaban J connectivity index is 1.60. The highest BCUT2D eigenvalue weighted by Crippen LogP contribution is 2.54. The average molecular weight is 546 g/mol. The second-order valence-corrected chi connectivity index (χ2v) is 10.2. The normalized spacial score (nSPS) is 22.9. The van der Waals surface area contributed by atoms with Crippen molar-refractivity contribution in [3.63, 3.8) is 0 Å². The number of cyclic esters (lactones) is 1. The maximum absolute atomic E-state index is 14.1. The van der Waals surface area contributed by atoms with E-state index in [0.29, 0.717) is 22.4 Å². The van der Waals surface area contributed by atoms with Gasteiger partial charge < -0.3 is 9.64 Å². The van der Waals surface area contributed by atoms with Crippen LogP contribution in [0.15, 0.2) is 83.3 Å². The SMILES string of the molecule is CN1C(=O)[C@]2(c3ccccc31)[C@@H](CC(=O)c1ccccc1)COC(=O)[C@@H]2CC(=O)c1ccc(Br)cc1. The standard InChI is InChI=1S/C29H24BrNO5/c1-31-24-10-6-5-9-22(24)29(28(31)35)20(15-25(32)18-7-3-2-4-8-18)17-36-27(34)23(29)16-26(33)19-11-13-21(30)14-12-19/h2-14,20,23H,15-17H2,1H3/t20-,23-,29-/m0/s1. The van der Waals surface area contributed by atoms with Crippen molar-refractivity contribution >= 4 is 45.1 Å². The molecule has 1 saturated heterocycles. The number of likely N-dealkylation sites (N-methyl/N-ethyl adjacent to an activating group) is 1. The van der Waals surface area contributed by atoms with Crippen LogP contribution in [0, 0.1) is 11.8 Å². The van der Waals surface area contributed by atoms with Gasteiger partial charge in [0.1, 0.15) is 0 Å². The Labute approximate surface area is 217 Å². The summed E-state index contributed by atoms with van der Waals surface area (Å²) in [5, 5.41) is 0. The third-order valence-corrected chi connectivity index (χ3v) is 7.89. The molecule has 1 amide bonds. The van der Waals surface area contributed by atoms with E-state index < -0.39 is 23.2 Å². The van der Waals surface area contributed by atoms with Gasteiger partial charge in [0.05, 0.1) is 17.9 Å². The quantitative estimate of drug-likeness (QED) is 0.321. The van der Waals surface area contributed by atoms with Crippen LogP contribution in [-0.2, 0) is 19.7 Å². The molecular weight excluding hydrogens is 522 g/mol. The lowest BCUT2D eigenvalue weighted by molar-refractivity contribution is -0.167. The van der Waals surface area contributed by atoms with E-state index >= 15 is 0 Å². The minimum Gasteiger partial charge on any atom is -0.465 e. The number of ketones is 2. The fraction of sp³-hybridized carbons (Fsp3) is 0.241. The smallest absolute Gasteiger partial charge is 0.310 e. The number of hydrogen-bond donors (Lipinski definition) is 0. The highest BCUT2D eigenvalue weighted by atomic mass is 79.9. The fourth-order valence-corrected chi connectivity index (χ4v) is 5.87. The van der Waals surface area contributed by atoms with E-state index in [9.17, 15) is 19.2 Å². The minimum atomic E-state index is -1.38. The van der Waals surface area contributed by atoms with Crippen molar-refractivity contribution in [3.8, 4) is 0 Å². The number of amides is 1.